The fourth-order valence-electron chi connectivity index (χ4n) is 0.744. The molecule has 1 unspecified atom stereocenters. The zero-order chi connectivity index (χ0) is 5.86. The van der Waals surface area contributed by atoms with Crippen LogP contribution in [0, 0.1) is 5.92 Å². The van der Waals surface area contributed by atoms with Crippen LogP contribution in [-0.2, 0) is 0 Å². The Morgan fingerprint density at radius 1 is 1.25 bits per heavy atom. The quantitative estimate of drug-likeness (QED) is 0.588. The Morgan fingerprint density at radius 3 is 1.62 bits per heavy atom. The molecule has 0 aliphatic rings. The summed E-state index contributed by atoms with van der Waals surface area (Å²) in [4.78, 5) is 0. The van der Waals surface area contributed by atoms with E-state index in [0.717, 1.165) is 12.3 Å². The number of rotatable bonds is 2. The van der Waals surface area contributed by atoms with Gasteiger partial charge in [-0.05, 0) is 19.3 Å². The Morgan fingerprint density at radius 2 is 1.62 bits per heavy atom. The lowest BCUT2D eigenvalue weighted by Gasteiger charge is -2.05. The molecule has 2 N–H and O–H groups in total. The number of nitrogens with two attached hydrogens (primary N) is 1. The number of hydrogen-bond acceptors (Lipinski definition) is 1. The van der Waals surface area contributed by atoms with Gasteiger partial charge in [-0.25, -0.2) is 0 Å². The first-order valence-corrected chi connectivity index (χ1v) is 2.88. The lowest BCUT2D eigenvalue weighted by molar-refractivity contribution is 0.520. The third-order valence-corrected chi connectivity index (χ3v) is 0.843. The highest BCUT2D eigenvalue weighted by molar-refractivity contribution is 4.54. The van der Waals surface area contributed by atoms with Gasteiger partial charge in [-0.3, -0.25) is 0 Å². The Balaban J connectivity index is 0. The maximum Gasteiger partial charge on any atom is 0.00129 e. The van der Waals surface area contributed by atoms with E-state index in [1.54, 1.807) is 0 Å². The Labute approximate surface area is 53.3 Å². The van der Waals surface area contributed by atoms with Gasteiger partial charge in [-0.1, -0.05) is 21.3 Å². The summed E-state index contributed by atoms with van der Waals surface area (Å²) in [5.41, 5.74) is 5.49. The molecule has 0 spiro atoms. The summed E-state index contributed by atoms with van der Waals surface area (Å²) in [7, 11) is 0. The van der Waals surface area contributed by atoms with E-state index in [2.05, 4.69) is 13.8 Å². The fourth-order valence-corrected chi connectivity index (χ4v) is 0.744. The average Bonchev–Trinajstić information content (AvgIpc) is 1.27. The van der Waals surface area contributed by atoms with Gasteiger partial charge in [0.25, 0.3) is 0 Å². The van der Waals surface area contributed by atoms with Gasteiger partial charge in [-0.2, -0.15) is 0 Å². The maximum absolute atomic E-state index is 5.49. The second kappa shape index (κ2) is 5.10. The molecule has 0 aromatic carbocycles. The van der Waals surface area contributed by atoms with Crippen molar-refractivity contribution in [2.45, 2.75) is 40.7 Å². The van der Waals surface area contributed by atoms with Crippen LogP contribution in [0.25, 0.3) is 0 Å². The third kappa shape index (κ3) is 9.35. The van der Waals surface area contributed by atoms with Gasteiger partial charge in [0.2, 0.25) is 0 Å². The van der Waals surface area contributed by atoms with Crippen molar-refractivity contribution in [1.29, 1.82) is 0 Å². The molecule has 0 aromatic heterocycles. The lowest BCUT2D eigenvalue weighted by Crippen LogP contribution is -2.16. The summed E-state index contributed by atoms with van der Waals surface area (Å²) in [6.07, 6.45) is 1.14. The van der Waals surface area contributed by atoms with E-state index >= 15 is 0 Å². The molecule has 0 aliphatic carbocycles. The smallest absolute Gasteiger partial charge is 0.00129 e. The standard InChI is InChI=1S/C6H15N.CH4/c1-5(2)4-6(3)7;/h5-6H,4,7H2,1-3H3;1H4. The molecule has 0 aromatic rings. The molecule has 1 nitrogen and oxygen atoms in total. The Bertz CT molecular complexity index is 33.7. The minimum absolute atomic E-state index is 0. The zero-order valence-corrected chi connectivity index (χ0v) is 5.44. The maximum atomic E-state index is 5.49. The summed E-state index contributed by atoms with van der Waals surface area (Å²) in [6.45, 7) is 6.41. The van der Waals surface area contributed by atoms with Gasteiger partial charge >= 0.3 is 0 Å². The summed E-state index contributed by atoms with van der Waals surface area (Å²) >= 11 is 0. The van der Waals surface area contributed by atoms with Gasteiger partial charge < -0.3 is 5.73 Å². The van der Waals surface area contributed by atoms with Crippen LogP contribution in [-0.4, -0.2) is 6.04 Å². The van der Waals surface area contributed by atoms with Crippen molar-refractivity contribution in [2.75, 3.05) is 0 Å². The summed E-state index contributed by atoms with van der Waals surface area (Å²) in [5.74, 6) is 0.750. The lowest BCUT2D eigenvalue weighted by atomic mass is 10.1. The van der Waals surface area contributed by atoms with Crippen molar-refractivity contribution in [3.05, 3.63) is 0 Å². The van der Waals surface area contributed by atoms with Crippen LogP contribution < -0.4 is 5.73 Å². The van der Waals surface area contributed by atoms with Crippen LogP contribution in [0.3, 0.4) is 0 Å². The topological polar surface area (TPSA) is 26.0 Å². The summed E-state index contributed by atoms with van der Waals surface area (Å²) in [5, 5.41) is 0. The Kier molecular flexibility index (Phi) is 6.93. The van der Waals surface area contributed by atoms with Crippen LogP contribution in [0.4, 0.5) is 0 Å². The molecule has 0 radical (unpaired) electrons. The van der Waals surface area contributed by atoms with E-state index in [1.165, 1.54) is 0 Å². The highest BCUT2D eigenvalue weighted by Crippen LogP contribution is 2.00. The molecule has 0 heterocycles. The van der Waals surface area contributed by atoms with E-state index in [4.69, 9.17) is 5.73 Å². The molecular formula is C7H19N. The molecule has 0 rings (SSSR count). The molecule has 0 amide bonds. The second-order valence-corrected chi connectivity index (χ2v) is 2.61. The van der Waals surface area contributed by atoms with Crippen molar-refractivity contribution < 1.29 is 0 Å². The van der Waals surface area contributed by atoms with Gasteiger partial charge in [-0.15, -0.1) is 0 Å². The third-order valence-electron chi connectivity index (χ3n) is 0.843. The molecule has 0 aliphatic heterocycles. The fraction of sp³-hybridized carbons (Fsp3) is 1.00. The van der Waals surface area contributed by atoms with Crippen LogP contribution in [0.1, 0.15) is 34.6 Å². The molecular weight excluding hydrogens is 98.1 g/mol. The first-order chi connectivity index (χ1) is 3.13. The predicted molar refractivity (Wildman–Crippen MR) is 39.8 cm³/mol. The van der Waals surface area contributed by atoms with Crippen LogP contribution in [0.5, 0.6) is 0 Å². The van der Waals surface area contributed by atoms with Gasteiger partial charge in [0.05, 0.1) is 0 Å². The van der Waals surface area contributed by atoms with E-state index < -0.39 is 0 Å². The molecule has 0 saturated carbocycles. The minimum atomic E-state index is 0. The van der Waals surface area contributed by atoms with Gasteiger partial charge in [0, 0.05) is 6.04 Å². The van der Waals surface area contributed by atoms with Gasteiger partial charge in [0.1, 0.15) is 0 Å². The van der Waals surface area contributed by atoms with Gasteiger partial charge in [0.15, 0.2) is 0 Å². The van der Waals surface area contributed by atoms with Crippen molar-refractivity contribution >= 4 is 0 Å². The highest BCUT2D eigenvalue weighted by atomic mass is 14.6. The molecule has 8 heavy (non-hydrogen) atoms. The van der Waals surface area contributed by atoms with Crippen molar-refractivity contribution in [2.24, 2.45) is 11.7 Å². The van der Waals surface area contributed by atoms with Crippen LogP contribution >= 0.6 is 0 Å². The van der Waals surface area contributed by atoms with E-state index in [1.807, 2.05) is 6.92 Å². The first-order valence-electron chi connectivity index (χ1n) is 2.88. The molecule has 0 bridgehead atoms. The summed E-state index contributed by atoms with van der Waals surface area (Å²) in [6, 6.07) is 0.375. The molecule has 1 atom stereocenters. The first kappa shape index (κ1) is 10.9. The summed E-state index contributed by atoms with van der Waals surface area (Å²) < 4.78 is 0. The van der Waals surface area contributed by atoms with Crippen molar-refractivity contribution in [3.8, 4) is 0 Å². The van der Waals surface area contributed by atoms with E-state index in [0.29, 0.717) is 6.04 Å². The average molecular weight is 117 g/mol. The molecule has 0 saturated heterocycles. The molecule has 1 heteroatoms. The second-order valence-electron chi connectivity index (χ2n) is 2.61. The molecule has 0 fully saturated rings. The zero-order valence-electron chi connectivity index (χ0n) is 5.44. The van der Waals surface area contributed by atoms with E-state index in [-0.39, 0.29) is 7.43 Å². The van der Waals surface area contributed by atoms with Crippen LogP contribution in [0.15, 0.2) is 0 Å². The van der Waals surface area contributed by atoms with E-state index in [9.17, 15) is 0 Å². The largest absolute Gasteiger partial charge is 0.328 e. The Hall–Kier alpha value is -0.0400. The number of hydrogen-bond donors (Lipinski definition) is 1. The predicted octanol–water partition coefficient (Wildman–Crippen LogP) is 2.02. The van der Waals surface area contributed by atoms with Crippen molar-refractivity contribution in [3.63, 3.8) is 0 Å². The monoisotopic (exact) mass is 117 g/mol. The highest BCUT2D eigenvalue weighted by Gasteiger charge is 1.95. The normalized spacial score (nSPS) is 13.1. The van der Waals surface area contributed by atoms with Crippen LogP contribution in [0.2, 0.25) is 0 Å². The minimum Gasteiger partial charge on any atom is -0.328 e. The SMILES string of the molecule is C.CC(C)CC(C)N. The molecule has 52 valence electrons. The van der Waals surface area contributed by atoms with Crippen molar-refractivity contribution in [1.82, 2.24) is 0 Å².